The van der Waals surface area contributed by atoms with Crippen LogP contribution in [0, 0.1) is 6.92 Å². The van der Waals surface area contributed by atoms with E-state index < -0.39 is 6.03 Å². The van der Waals surface area contributed by atoms with Crippen molar-refractivity contribution in [3.05, 3.63) is 36.2 Å². The molecular formula is C12H16N4O2. The molecule has 0 aliphatic carbocycles. The van der Waals surface area contributed by atoms with Crippen LogP contribution in [-0.2, 0) is 0 Å². The summed E-state index contributed by atoms with van der Waals surface area (Å²) in [6.07, 6.45) is 0. The molecule has 0 spiro atoms. The summed E-state index contributed by atoms with van der Waals surface area (Å²) in [4.78, 5) is 11.4. The lowest BCUT2D eigenvalue weighted by Gasteiger charge is -2.03. The first-order valence-electron chi connectivity index (χ1n) is 5.67. The fourth-order valence-electron chi connectivity index (χ4n) is 1.13. The predicted octanol–water partition coefficient (Wildman–Crippen LogP) is 3.05. The summed E-state index contributed by atoms with van der Waals surface area (Å²) in [5, 5.41) is 12.3. The lowest BCUT2D eigenvalue weighted by Crippen LogP contribution is -2.19. The highest BCUT2D eigenvalue weighted by Gasteiger charge is 2.06. The summed E-state index contributed by atoms with van der Waals surface area (Å²) in [6, 6.07) is 8.72. The Kier molecular flexibility index (Phi) is 5.37. The maximum Gasteiger partial charge on any atom is 0.327 e. The fourth-order valence-corrected chi connectivity index (χ4v) is 1.13. The Labute approximate surface area is 105 Å². The van der Waals surface area contributed by atoms with Gasteiger partial charge in [-0.3, -0.25) is 5.32 Å². The van der Waals surface area contributed by atoms with E-state index in [-0.39, 0.29) is 6.01 Å². The number of benzene rings is 1. The molecule has 0 fully saturated rings. The van der Waals surface area contributed by atoms with E-state index in [9.17, 15) is 4.79 Å². The number of aryl methyl sites for hydroxylation is 1. The highest BCUT2D eigenvalue weighted by molar-refractivity contribution is 5.98. The number of urea groups is 1. The van der Waals surface area contributed by atoms with E-state index in [2.05, 4.69) is 20.8 Å². The molecule has 6 heteroatoms. The maximum atomic E-state index is 11.4. The number of aromatic nitrogens is 2. The van der Waals surface area contributed by atoms with Gasteiger partial charge in [-0.2, -0.15) is 0 Å². The fraction of sp³-hybridized carbons (Fsp3) is 0.250. The second-order valence-corrected chi connectivity index (χ2v) is 3.07. The number of nitrogens with zero attached hydrogens (tertiary/aromatic N) is 2. The van der Waals surface area contributed by atoms with Gasteiger partial charge in [0.05, 0.1) is 0 Å². The highest BCUT2D eigenvalue weighted by Crippen LogP contribution is 2.07. The monoisotopic (exact) mass is 248 g/mol. The molecule has 0 aliphatic rings. The van der Waals surface area contributed by atoms with Crippen molar-refractivity contribution in [1.29, 1.82) is 0 Å². The molecule has 0 bridgehead atoms. The molecule has 96 valence electrons. The van der Waals surface area contributed by atoms with Gasteiger partial charge in [-0.25, -0.2) is 4.79 Å². The van der Waals surface area contributed by atoms with Crippen LogP contribution in [0.3, 0.4) is 0 Å². The maximum absolute atomic E-state index is 11.4. The topological polar surface area (TPSA) is 80.0 Å². The van der Waals surface area contributed by atoms with Crippen LogP contribution in [0.2, 0.25) is 0 Å². The lowest BCUT2D eigenvalue weighted by molar-refractivity contribution is 0.261. The average Bonchev–Trinajstić information content (AvgIpc) is 2.78. The smallest absolute Gasteiger partial charge is 0.327 e. The van der Waals surface area contributed by atoms with Crippen LogP contribution >= 0.6 is 0 Å². The van der Waals surface area contributed by atoms with Gasteiger partial charge >= 0.3 is 12.0 Å². The van der Waals surface area contributed by atoms with E-state index >= 15 is 0 Å². The van der Waals surface area contributed by atoms with Crippen LogP contribution < -0.4 is 10.6 Å². The molecule has 2 amide bonds. The molecule has 1 aromatic carbocycles. The zero-order valence-corrected chi connectivity index (χ0v) is 10.6. The van der Waals surface area contributed by atoms with Gasteiger partial charge in [0.15, 0.2) is 0 Å². The van der Waals surface area contributed by atoms with Gasteiger partial charge in [-0.1, -0.05) is 37.1 Å². The molecule has 1 heterocycles. The van der Waals surface area contributed by atoms with E-state index in [1.807, 2.05) is 32.0 Å². The quantitative estimate of drug-likeness (QED) is 0.856. The van der Waals surface area contributed by atoms with Crippen LogP contribution in [0.25, 0.3) is 0 Å². The Balaban J connectivity index is 0.000000771. The Hall–Kier alpha value is -2.37. The normalized spacial score (nSPS) is 9.06. The standard InChI is InChI=1S/C10H10N4O2.C2H6/c1-7-13-14-10(16-7)12-9(15)11-8-5-3-2-4-6-8;1-2/h2-6H,1H3,(H2,11,12,14,15);1-2H3. The van der Waals surface area contributed by atoms with Crippen molar-refractivity contribution in [3.8, 4) is 0 Å². The van der Waals surface area contributed by atoms with E-state index in [0.717, 1.165) is 0 Å². The predicted molar refractivity (Wildman–Crippen MR) is 69.5 cm³/mol. The van der Waals surface area contributed by atoms with Crippen LogP contribution in [-0.4, -0.2) is 16.2 Å². The summed E-state index contributed by atoms with van der Waals surface area (Å²) >= 11 is 0. The van der Waals surface area contributed by atoms with Crippen LogP contribution in [0.1, 0.15) is 19.7 Å². The third kappa shape index (κ3) is 4.25. The molecule has 0 unspecified atom stereocenters. The number of rotatable bonds is 2. The number of hydrogen-bond acceptors (Lipinski definition) is 4. The Morgan fingerprint density at radius 3 is 2.33 bits per heavy atom. The van der Waals surface area contributed by atoms with E-state index in [1.54, 1.807) is 19.1 Å². The van der Waals surface area contributed by atoms with E-state index in [1.165, 1.54) is 0 Å². The number of hydrogen-bond donors (Lipinski definition) is 2. The molecule has 0 aliphatic heterocycles. The summed E-state index contributed by atoms with van der Waals surface area (Å²) in [5.41, 5.74) is 0.691. The first-order chi connectivity index (χ1) is 8.74. The molecule has 0 saturated heterocycles. The van der Waals surface area contributed by atoms with Crippen LogP contribution in [0.15, 0.2) is 34.7 Å². The summed E-state index contributed by atoms with van der Waals surface area (Å²) in [6.45, 7) is 5.65. The first kappa shape index (κ1) is 13.7. The van der Waals surface area contributed by atoms with Crippen molar-refractivity contribution >= 4 is 17.7 Å². The molecule has 0 atom stereocenters. The molecule has 2 aromatic rings. The van der Waals surface area contributed by atoms with Crippen molar-refractivity contribution < 1.29 is 9.21 Å². The van der Waals surface area contributed by atoms with Crippen LogP contribution in [0.5, 0.6) is 0 Å². The Bertz CT molecular complexity index is 482. The minimum Gasteiger partial charge on any atom is -0.408 e. The molecule has 1 aromatic heterocycles. The number of carbonyl (C=O) groups is 1. The van der Waals surface area contributed by atoms with Gasteiger partial charge in [0, 0.05) is 12.6 Å². The minimum absolute atomic E-state index is 0.0749. The van der Waals surface area contributed by atoms with Gasteiger partial charge in [0.25, 0.3) is 0 Å². The third-order valence-electron chi connectivity index (χ3n) is 1.78. The van der Waals surface area contributed by atoms with Crippen LogP contribution in [0.4, 0.5) is 16.5 Å². The lowest BCUT2D eigenvalue weighted by atomic mass is 10.3. The summed E-state index contributed by atoms with van der Waals surface area (Å²) in [5.74, 6) is 0.398. The minimum atomic E-state index is -0.421. The Morgan fingerprint density at radius 1 is 1.11 bits per heavy atom. The van der Waals surface area contributed by atoms with Gasteiger partial charge in [-0.05, 0) is 12.1 Å². The SMILES string of the molecule is CC.Cc1nnc(NC(=O)Nc2ccccc2)o1. The second kappa shape index (κ2) is 7.05. The van der Waals surface area contributed by atoms with Gasteiger partial charge in [0.2, 0.25) is 5.89 Å². The van der Waals surface area contributed by atoms with Crippen molar-refractivity contribution in [2.45, 2.75) is 20.8 Å². The second-order valence-electron chi connectivity index (χ2n) is 3.07. The first-order valence-corrected chi connectivity index (χ1v) is 5.67. The molecule has 2 rings (SSSR count). The van der Waals surface area contributed by atoms with Crippen molar-refractivity contribution in [2.75, 3.05) is 10.6 Å². The summed E-state index contributed by atoms with van der Waals surface area (Å²) in [7, 11) is 0. The third-order valence-corrected chi connectivity index (χ3v) is 1.78. The molecule has 2 N–H and O–H groups in total. The number of amides is 2. The van der Waals surface area contributed by atoms with Gasteiger partial charge in [0.1, 0.15) is 0 Å². The zero-order chi connectivity index (χ0) is 13.4. The average molecular weight is 248 g/mol. The zero-order valence-electron chi connectivity index (χ0n) is 10.6. The summed E-state index contributed by atoms with van der Waals surface area (Å²) < 4.78 is 5.00. The Morgan fingerprint density at radius 2 is 1.78 bits per heavy atom. The van der Waals surface area contributed by atoms with Crippen molar-refractivity contribution in [1.82, 2.24) is 10.2 Å². The molecule has 6 nitrogen and oxygen atoms in total. The number of anilines is 2. The van der Waals surface area contributed by atoms with Gasteiger partial charge < -0.3 is 9.73 Å². The molecular weight excluding hydrogens is 232 g/mol. The molecule has 18 heavy (non-hydrogen) atoms. The number of nitrogens with one attached hydrogen (secondary N) is 2. The molecule has 0 saturated carbocycles. The van der Waals surface area contributed by atoms with E-state index in [4.69, 9.17) is 4.42 Å². The number of para-hydroxylation sites is 1. The largest absolute Gasteiger partial charge is 0.408 e. The number of carbonyl (C=O) groups excluding carboxylic acids is 1. The van der Waals surface area contributed by atoms with Crippen molar-refractivity contribution in [2.24, 2.45) is 0 Å². The van der Waals surface area contributed by atoms with E-state index in [0.29, 0.717) is 11.6 Å². The van der Waals surface area contributed by atoms with Crippen molar-refractivity contribution in [3.63, 3.8) is 0 Å². The highest BCUT2D eigenvalue weighted by atomic mass is 16.4. The molecule has 0 radical (unpaired) electrons. The van der Waals surface area contributed by atoms with Gasteiger partial charge in [-0.15, -0.1) is 5.10 Å².